The zero-order chi connectivity index (χ0) is 15.0. The Labute approximate surface area is 118 Å². The molecule has 1 N–H and O–H groups in total. The quantitative estimate of drug-likeness (QED) is 0.576. The molecule has 3 aromatic rings. The van der Waals surface area contributed by atoms with E-state index >= 15 is 0 Å². The summed E-state index contributed by atoms with van der Waals surface area (Å²) in [6, 6.07) is 2.81. The standard InChI is InChI=1S/C12H12N6O3/c1-3-13-11-9-10(7-4-5-8(21-7)18(19)20)16-17(2)12(9)15-6-14-11/h4-6H,3H2,1-2H3,(H,13,14,15). The van der Waals surface area contributed by atoms with Crippen LogP contribution in [0.2, 0.25) is 0 Å². The Balaban J connectivity index is 2.23. The van der Waals surface area contributed by atoms with Crippen LogP contribution in [0.15, 0.2) is 22.9 Å². The van der Waals surface area contributed by atoms with Gasteiger partial charge in [0.25, 0.3) is 0 Å². The lowest BCUT2D eigenvalue weighted by molar-refractivity contribution is -0.401. The van der Waals surface area contributed by atoms with Gasteiger partial charge >= 0.3 is 5.88 Å². The van der Waals surface area contributed by atoms with Crippen LogP contribution in [0.25, 0.3) is 22.5 Å². The summed E-state index contributed by atoms with van der Waals surface area (Å²) < 4.78 is 6.81. The van der Waals surface area contributed by atoms with E-state index in [1.54, 1.807) is 11.7 Å². The highest BCUT2D eigenvalue weighted by Gasteiger charge is 2.21. The molecule has 0 aromatic carbocycles. The minimum atomic E-state index is -0.587. The van der Waals surface area contributed by atoms with E-state index in [0.717, 1.165) is 0 Å². The van der Waals surface area contributed by atoms with E-state index in [9.17, 15) is 10.1 Å². The van der Waals surface area contributed by atoms with Crippen LogP contribution in [0.5, 0.6) is 0 Å². The highest BCUT2D eigenvalue weighted by molar-refractivity contribution is 5.98. The molecular weight excluding hydrogens is 276 g/mol. The molecule has 0 saturated heterocycles. The molecule has 3 rings (SSSR count). The van der Waals surface area contributed by atoms with Gasteiger partial charge in [-0.2, -0.15) is 5.10 Å². The normalized spacial score (nSPS) is 11.0. The largest absolute Gasteiger partial charge is 0.433 e. The summed E-state index contributed by atoms with van der Waals surface area (Å²) in [5.74, 6) is 0.594. The molecule has 0 atom stereocenters. The van der Waals surface area contributed by atoms with Gasteiger partial charge in [0.2, 0.25) is 0 Å². The molecule has 0 aliphatic heterocycles. The average Bonchev–Trinajstić information content (AvgIpc) is 3.05. The van der Waals surface area contributed by atoms with E-state index in [1.165, 1.54) is 18.5 Å². The third kappa shape index (κ3) is 2.08. The van der Waals surface area contributed by atoms with E-state index in [-0.39, 0.29) is 5.88 Å². The zero-order valence-corrected chi connectivity index (χ0v) is 11.4. The molecule has 0 fully saturated rings. The second kappa shape index (κ2) is 4.85. The summed E-state index contributed by atoms with van der Waals surface area (Å²) in [6.45, 7) is 2.63. The number of furan rings is 1. The first-order valence-corrected chi connectivity index (χ1v) is 6.28. The van der Waals surface area contributed by atoms with Crippen molar-refractivity contribution in [1.82, 2.24) is 19.7 Å². The predicted octanol–water partition coefficient (Wildman–Crippen LogP) is 1.96. The summed E-state index contributed by atoms with van der Waals surface area (Å²) in [4.78, 5) is 18.5. The number of nitrogens with one attached hydrogen (secondary N) is 1. The second-order valence-electron chi connectivity index (χ2n) is 4.32. The van der Waals surface area contributed by atoms with Crippen molar-refractivity contribution >= 4 is 22.7 Å². The Morgan fingerprint density at radius 2 is 2.24 bits per heavy atom. The van der Waals surface area contributed by atoms with Crippen LogP contribution < -0.4 is 5.32 Å². The lowest BCUT2D eigenvalue weighted by Gasteiger charge is -2.03. The molecule has 0 saturated carbocycles. The molecule has 3 heterocycles. The smallest absolute Gasteiger partial charge is 0.399 e. The number of aryl methyl sites for hydroxylation is 1. The maximum absolute atomic E-state index is 10.7. The molecule has 0 aliphatic carbocycles. The molecular formula is C12H12N6O3. The number of rotatable bonds is 4. The van der Waals surface area contributed by atoms with Crippen LogP contribution in [0.3, 0.4) is 0 Å². The molecule has 21 heavy (non-hydrogen) atoms. The Morgan fingerprint density at radius 3 is 2.90 bits per heavy atom. The number of nitrogens with zero attached hydrogens (tertiary/aromatic N) is 5. The molecule has 0 spiro atoms. The van der Waals surface area contributed by atoms with Crippen molar-refractivity contribution < 1.29 is 9.34 Å². The van der Waals surface area contributed by atoms with Gasteiger partial charge < -0.3 is 9.73 Å². The molecule has 0 amide bonds. The van der Waals surface area contributed by atoms with E-state index in [0.29, 0.717) is 34.9 Å². The van der Waals surface area contributed by atoms with Gasteiger partial charge in [-0.05, 0) is 13.0 Å². The molecule has 3 aromatic heterocycles. The van der Waals surface area contributed by atoms with Gasteiger partial charge in [0.05, 0.1) is 11.5 Å². The maximum atomic E-state index is 10.7. The maximum Gasteiger partial charge on any atom is 0.433 e. The lowest BCUT2D eigenvalue weighted by Crippen LogP contribution is -2.01. The van der Waals surface area contributed by atoms with Gasteiger partial charge in [0, 0.05) is 13.6 Å². The van der Waals surface area contributed by atoms with E-state index in [4.69, 9.17) is 4.42 Å². The minimum Gasteiger partial charge on any atom is -0.399 e. The van der Waals surface area contributed by atoms with Gasteiger partial charge in [-0.25, -0.2) is 14.6 Å². The molecule has 108 valence electrons. The van der Waals surface area contributed by atoms with Crippen LogP contribution >= 0.6 is 0 Å². The van der Waals surface area contributed by atoms with Crippen molar-refractivity contribution in [2.24, 2.45) is 7.05 Å². The summed E-state index contributed by atoms with van der Waals surface area (Å²) in [5.41, 5.74) is 1.09. The Kier molecular flexibility index (Phi) is 3.01. The van der Waals surface area contributed by atoms with Crippen LogP contribution in [0.4, 0.5) is 11.7 Å². The van der Waals surface area contributed by atoms with Crippen molar-refractivity contribution in [2.75, 3.05) is 11.9 Å². The first-order valence-electron chi connectivity index (χ1n) is 6.28. The molecule has 0 aliphatic rings. The first-order chi connectivity index (χ1) is 10.1. The molecule has 9 nitrogen and oxygen atoms in total. The van der Waals surface area contributed by atoms with Crippen LogP contribution in [0, 0.1) is 10.1 Å². The van der Waals surface area contributed by atoms with Crippen molar-refractivity contribution in [2.45, 2.75) is 6.92 Å². The summed E-state index contributed by atoms with van der Waals surface area (Å²) in [6.07, 6.45) is 1.44. The summed E-state index contributed by atoms with van der Waals surface area (Å²) in [7, 11) is 1.74. The third-order valence-electron chi connectivity index (χ3n) is 2.97. The monoisotopic (exact) mass is 288 g/mol. The van der Waals surface area contributed by atoms with Gasteiger partial charge in [0.1, 0.15) is 22.8 Å². The number of anilines is 1. The first kappa shape index (κ1) is 13.0. The number of nitro groups is 1. The van der Waals surface area contributed by atoms with Crippen LogP contribution in [0.1, 0.15) is 6.92 Å². The zero-order valence-electron chi connectivity index (χ0n) is 11.4. The van der Waals surface area contributed by atoms with Crippen LogP contribution in [-0.2, 0) is 7.05 Å². The summed E-state index contributed by atoms with van der Waals surface area (Å²) in [5, 5.41) is 18.9. The minimum absolute atomic E-state index is 0.307. The van der Waals surface area contributed by atoms with Crippen molar-refractivity contribution in [1.29, 1.82) is 0 Å². The van der Waals surface area contributed by atoms with Crippen molar-refractivity contribution in [3.05, 3.63) is 28.6 Å². The fraction of sp³-hybridized carbons (Fsp3) is 0.250. The highest BCUT2D eigenvalue weighted by atomic mass is 16.6. The molecule has 0 bridgehead atoms. The molecule has 9 heteroatoms. The highest BCUT2D eigenvalue weighted by Crippen LogP contribution is 2.33. The topological polar surface area (TPSA) is 112 Å². The number of hydrogen-bond donors (Lipinski definition) is 1. The number of hydrogen-bond acceptors (Lipinski definition) is 7. The molecule has 0 radical (unpaired) electrons. The van der Waals surface area contributed by atoms with E-state index in [2.05, 4.69) is 20.4 Å². The number of aromatic nitrogens is 4. The van der Waals surface area contributed by atoms with Crippen molar-refractivity contribution in [3.63, 3.8) is 0 Å². The van der Waals surface area contributed by atoms with Crippen molar-refractivity contribution in [3.8, 4) is 11.5 Å². The SMILES string of the molecule is CCNc1ncnc2c1c(-c1ccc([N+](=O)[O-])o1)nn2C. The van der Waals surface area contributed by atoms with Crippen LogP contribution in [-0.4, -0.2) is 31.2 Å². The van der Waals surface area contributed by atoms with Gasteiger partial charge in [-0.1, -0.05) is 0 Å². The third-order valence-corrected chi connectivity index (χ3v) is 2.97. The number of fused-ring (bicyclic) bond motifs is 1. The lowest BCUT2D eigenvalue weighted by atomic mass is 10.2. The second-order valence-corrected chi connectivity index (χ2v) is 4.32. The van der Waals surface area contributed by atoms with E-state index in [1.807, 2.05) is 6.92 Å². The Hall–Kier alpha value is -2.97. The van der Waals surface area contributed by atoms with E-state index < -0.39 is 4.92 Å². The van der Waals surface area contributed by atoms with Gasteiger partial charge in [-0.15, -0.1) is 0 Å². The molecule has 0 unspecified atom stereocenters. The summed E-state index contributed by atoms with van der Waals surface area (Å²) >= 11 is 0. The Morgan fingerprint density at radius 1 is 1.43 bits per heavy atom. The van der Waals surface area contributed by atoms with Gasteiger partial charge in [-0.3, -0.25) is 10.1 Å². The fourth-order valence-electron chi connectivity index (χ4n) is 2.11. The Bertz CT molecular complexity index is 822. The fourth-order valence-corrected chi connectivity index (χ4v) is 2.11. The van der Waals surface area contributed by atoms with Gasteiger partial charge in [0.15, 0.2) is 11.4 Å². The average molecular weight is 288 g/mol. The predicted molar refractivity (Wildman–Crippen MR) is 74.8 cm³/mol.